The molecule has 2 aliphatic heterocycles. The van der Waals surface area contributed by atoms with Crippen LogP contribution in [0.15, 0.2) is 30.3 Å². The number of hydrogen-bond acceptors (Lipinski definition) is 4. The second-order valence-electron chi connectivity index (χ2n) is 5.14. The first-order valence-corrected chi connectivity index (χ1v) is 6.42. The van der Waals surface area contributed by atoms with E-state index in [1.54, 1.807) is 12.1 Å². The van der Waals surface area contributed by atoms with Gasteiger partial charge in [0, 0.05) is 18.5 Å². The van der Waals surface area contributed by atoms with Gasteiger partial charge in [0.05, 0.1) is 11.7 Å². The van der Waals surface area contributed by atoms with Crippen LogP contribution in [-0.4, -0.2) is 35.4 Å². The van der Waals surface area contributed by atoms with Gasteiger partial charge in [-0.3, -0.25) is 0 Å². The average Bonchev–Trinajstić information content (AvgIpc) is 2.64. The Labute approximate surface area is 106 Å². The molecule has 4 heteroatoms. The molecule has 0 unspecified atom stereocenters. The van der Waals surface area contributed by atoms with Crippen molar-refractivity contribution in [3.63, 3.8) is 0 Å². The molecule has 2 heterocycles. The minimum absolute atomic E-state index is 0.0777. The molecule has 2 saturated heterocycles. The maximum absolute atomic E-state index is 11.9. The van der Waals surface area contributed by atoms with E-state index in [0.29, 0.717) is 12.0 Å². The molecular formula is C14H17NO3. The number of aliphatic hydroxyl groups is 1. The topological polar surface area (TPSA) is 58.6 Å². The van der Waals surface area contributed by atoms with Crippen LogP contribution in [0.25, 0.3) is 0 Å². The highest BCUT2D eigenvalue weighted by Gasteiger charge is 2.40. The van der Waals surface area contributed by atoms with Crippen LogP contribution in [0, 0.1) is 0 Å². The number of nitrogens with one attached hydrogen (secondary N) is 1. The summed E-state index contributed by atoms with van der Waals surface area (Å²) in [6.45, 7) is 0. The third kappa shape index (κ3) is 2.26. The molecule has 4 atom stereocenters. The summed E-state index contributed by atoms with van der Waals surface area (Å²) in [6, 6.07) is 9.40. The molecule has 3 rings (SSSR count). The monoisotopic (exact) mass is 247 g/mol. The first kappa shape index (κ1) is 11.7. The van der Waals surface area contributed by atoms with E-state index in [1.165, 1.54) is 0 Å². The molecule has 0 aromatic heterocycles. The smallest absolute Gasteiger partial charge is 0.338 e. The highest BCUT2D eigenvalue weighted by molar-refractivity contribution is 5.89. The number of fused-ring (bicyclic) bond motifs is 2. The molecule has 0 aliphatic carbocycles. The Morgan fingerprint density at radius 1 is 1.22 bits per heavy atom. The molecule has 18 heavy (non-hydrogen) atoms. The Bertz CT molecular complexity index is 432. The van der Waals surface area contributed by atoms with Crippen LogP contribution in [-0.2, 0) is 4.74 Å². The minimum atomic E-state index is -0.296. The Balaban J connectivity index is 1.63. The standard InChI is InChI=1S/C14H17NO3/c16-13-7-10-6-11(8-12(13)15-10)18-14(17)9-4-2-1-3-5-9/h1-5,10-13,15-16H,6-8H2/t10-,11-,12+,13-/m0/s1. The van der Waals surface area contributed by atoms with E-state index < -0.39 is 0 Å². The molecule has 0 spiro atoms. The van der Waals surface area contributed by atoms with E-state index in [0.717, 1.165) is 12.8 Å². The van der Waals surface area contributed by atoms with Gasteiger partial charge in [-0.05, 0) is 25.0 Å². The van der Waals surface area contributed by atoms with Crippen LogP contribution in [0.4, 0.5) is 0 Å². The summed E-state index contributed by atoms with van der Waals surface area (Å²) in [5.41, 5.74) is 0.587. The van der Waals surface area contributed by atoms with Crippen molar-refractivity contribution in [2.75, 3.05) is 0 Å². The Morgan fingerprint density at radius 3 is 2.72 bits per heavy atom. The number of benzene rings is 1. The van der Waals surface area contributed by atoms with E-state index in [1.807, 2.05) is 18.2 Å². The lowest BCUT2D eigenvalue weighted by atomic mass is 10.0. The summed E-state index contributed by atoms with van der Waals surface area (Å²) < 4.78 is 5.52. The normalized spacial score (nSPS) is 34.3. The summed E-state index contributed by atoms with van der Waals surface area (Å²) in [7, 11) is 0. The van der Waals surface area contributed by atoms with Crippen molar-refractivity contribution in [1.82, 2.24) is 5.32 Å². The zero-order valence-electron chi connectivity index (χ0n) is 10.1. The summed E-state index contributed by atoms with van der Waals surface area (Å²) in [5, 5.41) is 13.1. The fourth-order valence-corrected chi connectivity index (χ4v) is 2.91. The van der Waals surface area contributed by atoms with Gasteiger partial charge in [0.2, 0.25) is 0 Å². The quantitative estimate of drug-likeness (QED) is 0.768. The van der Waals surface area contributed by atoms with Crippen LogP contribution in [0.1, 0.15) is 29.6 Å². The highest BCUT2D eigenvalue weighted by atomic mass is 16.5. The molecule has 0 amide bonds. The van der Waals surface area contributed by atoms with Crippen LogP contribution in [0.2, 0.25) is 0 Å². The molecule has 4 nitrogen and oxygen atoms in total. The van der Waals surface area contributed by atoms with E-state index >= 15 is 0 Å². The van der Waals surface area contributed by atoms with Gasteiger partial charge in [-0.2, -0.15) is 0 Å². The highest BCUT2D eigenvalue weighted by Crippen LogP contribution is 2.29. The molecule has 0 saturated carbocycles. The van der Waals surface area contributed by atoms with Crippen LogP contribution in [0.3, 0.4) is 0 Å². The summed E-state index contributed by atoms with van der Waals surface area (Å²) in [6.07, 6.45) is 1.90. The Kier molecular flexibility index (Phi) is 3.06. The fraction of sp³-hybridized carbons (Fsp3) is 0.500. The lowest BCUT2D eigenvalue weighted by Gasteiger charge is -2.29. The summed E-state index contributed by atoms with van der Waals surface area (Å²) >= 11 is 0. The first-order chi connectivity index (χ1) is 8.72. The van der Waals surface area contributed by atoms with Gasteiger partial charge in [-0.25, -0.2) is 4.79 Å². The van der Waals surface area contributed by atoms with Crippen molar-refractivity contribution < 1.29 is 14.6 Å². The third-order valence-corrected chi connectivity index (χ3v) is 3.79. The van der Waals surface area contributed by atoms with Gasteiger partial charge in [-0.1, -0.05) is 18.2 Å². The van der Waals surface area contributed by atoms with E-state index in [-0.39, 0.29) is 30.3 Å². The molecule has 2 fully saturated rings. The van der Waals surface area contributed by atoms with Crippen molar-refractivity contribution in [1.29, 1.82) is 0 Å². The van der Waals surface area contributed by atoms with Crippen molar-refractivity contribution in [3.8, 4) is 0 Å². The second kappa shape index (κ2) is 4.71. The molecule has 2 bridgehead atoms. The maximum atomic E-state index is 11.9. The zero-order valence-corrected chi connectivity index (χ0v) is 10.1. The van der Waals surface area contributed by atoms with E-state index in [9.17, 15) is 9.90 Å². The number of aliphatic hydroxyl groups excluding tert-OH is 1. The summed E-state index contributed by atoms with van der Waals surface area (Å²) in [5.74, 6) is -0.267. The first-order valence-electron chi connectivity index (χ1n) is 6.42. The molecule has 2 N–H and O–H groups in total. The van der Waals surface area contributed by atoms with Gasteiger partial charge in [0.1, 0.15) is 6.10 Å². The number of esters is 1. The fourth-order valence-electron chi connectivity index (χ4n) is 2.91. The SMILES string of the molecule is O=C(O[C@H]1C[C@H]2C[C@H](O)[C@@H](C1)N2)c1ccccc1. The van der Waals surface area contributed by atoms with Crippen LogP contribution < -0.4 is 5.32 Å². The third-order valence-electron chi connectivity index (χ3n) is 3.79. The molecule has 96 valence electrons. The average molecular weight is 247 g/mol. The van der Waals surface area contributed by atoms with Crippen LogP contribution >= 0.6 is 0 Å². The van der Waals surface area contributed by atoms with E-state index in [2.05, 4.69) is 5.32 Å². The lowest BCUT2D eigenvalue weighted by molar-refractivity contribution is 0.0147. The van der Waals surface area contributed by atoms with Gasteiger partial charge in [0.15, 0.2) is 0 Å². The Morgan fingerprint density at radius 2 is 2.00 bits per heavy atom. The number of carbonyl (C=O) groups is 1. The van der Waals surface area contributed by atoms with Crippen molar-refractivity contribution in [2.24, 2.45) is 0 Å². The van der Waals surface area contributed by atoms with Crippen LogP contribution in [0.5, 0.6) is 0 Å². The number of carbonyl (C=O) groups excluding carboxylic acids is 1. The molecule has 1 aromatic carbocycles. The summed E-state index contributed by atoms with van der Waals surface area (Å²) in [4.78, 5) is 11.9. The maximum Gasteiger partial charge on any atom is 0.338 e. The predicted octanol–water partition coefficient (Wildman–Crippen LogP) is 1.10. The van der Waals surface area contributed by atoms with E-state index in [4.69, 9.17) is 4.74 Å². The van der Waals surface area contributed by atoms with Gasteiger partial charge >= 0.3 is 5.97 Å². The lowest BCUT2D eigenvalue weighted by Crippen LogP contribution is -2.44. The zero-order chi connectivity index (χ0) is 12.5. The predicted molar refractivity (Wildman–Crippen MR) is 66.2 cm³/mol. The molecular weight excluding hydrogens is 230 g/mol. The Hall–Kier alpha value is -1.39. The minimum Gasteiger partial charge on any atom is -0.459 e. The number of hydrogen-bond donors (Lipinski definition) is 2. The van der Waals surface area contributed by atoms with Crippen molar-refractivity contribution in [2.45, 2.75) is 43.6 Å². The van der Waals surface area contributed by atoms with Gasteiger partial charge in [0.25, 0.3) is 0 Å². The molecule has 2 aliphatic rings. The number of ether oxygens (including phenoxy) is 1. The largest absolute Gasteiger partial charge is 0.459 e. The second-order valence-corrected chi connectivity index (χ2v) is 5.14. The number of rotatable bonds is 2. The molecule has 1 aromatic rings. The van der Waals surface area contributed by atoms with Crippen molar-refractivity contribution in [3.05, 3.63) is 35.9 Å². The van der Waals surface area contributed by atoms with Gasteiger partial charge < -0.3 is 15.2 Å². The van der Waals surface area contributed by atoms with Gasteiger partial charge in [-0.15, -0.1) is 0 Å². The van der Waals surface area contributed by atoms with Crippen molar-refractivity contribution >= 4 is 5.97 Å². The number of piperidine rings is 1. The molecule has 0 radical (unpaired) electrons.